The van der Waals surface area contributed by atoms with E-state index >= 15 is 0 Å². The Kier molecular flexibility index (Phi) is 5.15. The minimum Gasteiger partial charge on any atom is -0.408 e. The molecule has 0 saturated carbocycles. The van der Waals surface area contributed by atoms with Gasteiger partial charge in [0.15, 0.2) is 0 Å². The van der Waals surface area contributed by atoms with Gasteiger partial charge in [-0.25, -0.2) is 0 Å². The van der Waals surface area contributed by atoms with Crippen molar-refractivity contribution in [2.24, 2.45) is 5.92 Å². The minimum atomic E-state index is -2.11. The predicted molar refractivity (Wildman–Crippen MR) is 89.2 cm³/mol. The van der Waals surface area contributed by atoms with Crippen molar-refractivity contribution >= 4 is 18.7 Å². The van der Waals surface area contributed by atoms with Crippen molar-refractivity contribution < 1.29 is 4.43 Å². The zero-order chi connectivity index (χ0) is 14.4. The van der Waals surface area contributed by atoms with Gasteiger partial charge in [-0.15, -0.1) is 0 Å². The first-order valence-electron chi connectivity index (χ1n) is 7.44. The van der Waals surface area contributed by atoms with Crippen molar-refractivity contribution in [1.82, 2.24) is 0 Å². The van der Waals surface area contributed by atoms with Crippen LogP contribution in [-0.2, 0) is 4.43 Å². The normalized spacial score (nSPS) is 11.8. The Morgan fingerprint density at radius 2 is 1.30 bits per heavy atom. The van der Waals surface area contributed by atoms with Crippen LogP contribution in [0.4, 0.5) is 0 Å². The molecule has 0 aliphatic heterocycles. The van der Waals surface area contributed by atoms with E-state index in [1.807, 2.05) is 0 Å². The summed E-state index contributed by atoms with van der Waals surface area (Å²) >= 11 is 0. The van der Waals surface area contributed by atoms with Crippen LogP contribution < -0.4 is 10.4 Å². The van der Waals surface area contributed by atoms with E-state index in [2.05, 4.69) is 81.4 Å². The van der Waals surface area contributed by atoms with Gasteiger partial charge in [0.1, 0.15) is 0 Å². The number of benzene rings is 2. The van der Waals surface area contributed by atoms with Gasteiger partial charge < -0.3 is 4.43 Å². The van der Waals surface area contributed by atoms with Crippen LogP contribution in [0.15, 0.2) is 60.7 Å². The molecule has 0 saturated heterocycles. The fourth-order valence-corrected chi connectivity index (χ4v) is 7.22. The van der Waals surface area contributed by atoms with Gasteiger partial charge in [0.05, 0.1) is 0 Å². The van der Waals surface area contributed by atoms with Crippen LogP contribution >= 0.6 is 0 Å². The van der Waals surface area contributed by atoms with Crippen LogP contribution in [0, 0.1) is 5.92 Å². The van der Waals surface area contributed by atoms with Gasteiger partial charge >= 0.3 is 0 Å². The lowest BCUT2D eigenvalue weighted by atomic mass is 10.3. The maximum atomic E-state index is 6.45. The lowest BCUT2D eigenvalue weighted by Crippen LogP contribution is -2.61. The first kappa shape index (κ1) is 15.0. The lowest BCUT2D eigenvalue weighted by Gasteiger charge is -2.33. The highest BCUT2D eigenvalue weighted by Crippen LogP contribution is 2.19. The van der Waals surface area contributed by atoms with Gasteiger partial charge in [0.2, 0.25) is 0 Å². The van der Waals surface area contributed by atoms with Crippen molar-refractivity contribution in [2.45, 2.75) is 26.8 Å². The van der Waals surface area contributed by atoms with E-state index in [1.54, 1.807) is 0 Å². The smallest absolute Gasteiger partial charge is 0.255 e. The second kappa shape index (κ2) is 6.87. The van der Waals surface area contributed by atoms with Gasteiger partial charge in [-0.2, -0.15) is 0 Å². The first-order valence-corrected chi connectivity index (χ1v) is 9.55. The summed E-state index contributed by atoms with van der Waals surface area (Å²) in [5.74, 6) is 0.619. The standard InChI is InChI=1S/C18H24OSi/c1-4-19-20(15-16(2)3,17-11-7-5-8-12-17)18-13-9-6-10-14-18/h5-14,16H,4,15H2,1-3H3. The van der Waals surface area contributed by atoms with Crippen molar-refractivity contribution in [2.75, 3.05) is 6.61 Å². The molecule has 0 amide bonds. The summed E-state index contributed by atoms with van der Waals surface area (Å²) in [5.41, 5.74) is 0. The lowest BCUT2D eigenvalue weighted by molar-refractivity contribution is 0.334. The van der Waals surface area contributed by atoms with E-state index in [-0.39, 0.29) is 0 Å². The second-order valence-electron chi connectivity index (χ2n) is 5.59. The molecule has 106 valence electrons. The third-order valence-corrected chi connectivity index (χ3v) is 8.27. The highest BCUT2D eigenvalue weighted by atomic mass is 28.4. The molecule has 2 aromatic rings. The molecule has 0 aliphatic rings. The van der Waals surface area contributed by atoms with E-state index in [4.69, 9.17) is 4.43 Å². The summed E-state index contributed by atoms with van der Waals surface area (Å²) in [5, 5.41) is 2.75. The van der Waals surface area contributed by atoms with E-state index < -0.39 is 8.32 Å². The fraction of sp³-hybridized carbons (Fsp3) is 0.333. The number of rotatable bonds is 6. The summed E-state index contributed by atoms with van der Waals surface area (Å²) in [7, 11) is -2.11. The Labute approximate surface area is 123 Å². The van der Waals surface area contributed by atoms with Gasteiger partial charge in [0, 0.05) is 6.61 Å². The summed E-state index contributed by atoms with van der Waals surface area (Å²) in [6.07, 6.45) is 0. The van der Waals surface area contributed by atoms with Crippen LogP contribution in [0.5, 0.6) is 0 Å². The van der Waals surface area contributed by atoms with Crippen molar-refractivity contribution in [3.63, 3.8) is 0 Å². The molecule has 0 aromatic heterocycles. The molecule has 2 aromatic carbocycles. The largest absolute Gasteiger partial charge is 0.408 e. The van der Waals surface area contributed by atoms with E-state index in [0.29, 0.717) is 5.92 Å². The van der Waals surface area contributed by atoms with Gasteiger partial charge in [-0.1, -0.05) is 74.5 Å². The SMILES string of the molecule is CCO[Si](CC(C)C)(c1ccccc1)c1ccccc1. The van der Waals surface area contributed by atoms with Crippen LogP contribution in [-0.4, -0.2) is 14.9 Å². The molecule has 0 bridgehead atoms. The first-order chi connectivity index (χ1) is 9.69. The molecular formula is C18H24OSi. The van der Waals surface area contributed by atoms with Crippen LogP contribution in [0.1, 0.15) is 20.8 Å². The number of hydrogen-bond acceptors (Lipinski definition) is 1. The fourth-order valence-electron chi connectivity index (χ4n) is 2.86. The molecular weight excluding hydrogens is 260 g/mol. The Morgan fingerprint density at radius 1 is 0.850 bits per heavy atom. The van der Waals surface area contributed by atoms with Gasteiger partial charge in [-0.3, -0.25) is 0 Å². The highest BCUT2D eigenvalue weighted by molar-refractivity contribution is 6.97. The predicted octanol–water partition coefficient (Wildman–Crippen LogP) is 3.44. The Balaban J connectivity index is 2.56. The van der Waals surface area contributed by atoms with Gasteiger partial charge in [-0.05, 0) is 29.3 Å². The molecule has 1 nitrogen and oxygen atoms in total. The third-order valence-electron chi connectivity index (χ3n) is 3.57. The molecule has 0 fully saturated rings. The Hall–Kier alpha value is -1.38. The van der Waals surface area contributed by atoms with Crippen molar-refractivity contribution in [3.05, 3.63) is 60.7 Å². The summed E-state index contributed by atoms with van der Waals surface area (Å²) in [6.45, 7) is 7.44. The molecule has 2 heteroatoms. The summed E-state index contributed by atoms with van der Waals surface area (Å²) in [6, 6.07) is 22.7. The zero-order valence-corrected chi connectivity index (χ0v) is 13.7. The molecule has 0 radical (unpaired) electrons. The second-order valence-corrected chi connectivity index (χ2v) is 9.10. The molecule has 0 unspecified atom stereocenters. The molecule has 2 rings (SSSR count). The Bertz CT molecular complexity index is 468. The maximum absolute atomic E-state index is 6.45. The highest BCUT2D eigenvalue weighted by Gasteiger charge is 2.39. The molecule has 0 spiro atoms. The molecule has 0 atom stereocenters. The van der Waals surface area contributed by atoms with E-state index in [1.165, 1.54) is 10.4 Å². The summed E-state index contributed by atoms with van der Waals surface area (Å²) < 4.78 is 6.45. The number of hydrogen-bond donors (Lipinski definition) is 0. The Morgan fingerprint density at radius 3 is 1.65 bits per heavy atom. The minimum absolute atomic E-state index is 0.619. The van der Waals surface area contributed by atoms with Crippen LogP contribution in [0.2, 0.25) is 6.04 Å². The van der Waals surface area contributed by atoms with E-state index in [9.17, 15) is 0 Å². The quantitative estimate of drug-likeness (QED) is 0.738. The van der Waals surface area contributed by atoms with Crippen LogP contribution in [0.25, 0.3) is 0 Å². The van der Waals surface area contributed by atoms with Crippen molar-refractivity contribution in [3.8, 4) is 0 Å². The van der Waals surface area contributed by atoms with E-state index in [0.717, 1.165) is 12.7 Å². The summed E-state index contributed by atoms with van der Waals surface area (Å²) in [4.78, 5) is 0. The van der Waals surface area contributed by atoms with Gasteiger partial charge in [0.25, 0.3) is 8.32 Å². The average molecular weight is 284 g/mol. The van der Waals surface area contributed by atoms with Crippen LogP contribution in [0.3, 0.4) is 0 Å². The molecule has 0 heterocycles. The molecule has 0 N–H and O–H groups in total. The maximum Gasteiger partial charge on any atom is 0.255 e. The average Bonchev–Trinajstić information content (AvgIpc) is 2.48. The third kappa shape index (κ3) is 3.19. The molecule has 20 heavy (non-hydrogen) atoms. The van der Waals surface area contributed by atoms with Crippen molar-refractivity contribution in [1.29, 1.82) is 0 Å². The zero-order valence-electron chi connectivity index (χ0n) is 12.7. The molecule has 0 aliphatic carbocycles. The topological polar surface area (TPSA) is 9.23 Å². The monoisotopic (exact) mass is 284 g/mol.